The van der Waals surface area contributed by atoms with Crippen LogP contribution in [0.2, 0.25) is 0 Å². The molecule has 13 heteroatoms. The van der Waals surface area contributed by atoms with Gasteiger partial charge in [-0.15, -0.1) is 0 Å². The van der Waals surface area contributed by atoms with E-state index < -0.39 is 36.3 Å². The van der Waals surface area contributed by atoms with Gasteiger partial charge in [0.05, 0.1) is 24.2 Å². The van der Waals surface area contributed by atoms with Gasteiger partial charge in [-0.05, 0) is 138 Å². The summed E-state index contributed by atoms with van der Waals surface area (Å²) in [6.45, 7) is 4.24. The number of rotatable bonds is 15. The van der Waals surface area contributed by atoms with E-state index in [1.165, 1.54) is 16.7 Å². The molecule has 7 rings (SSSR count). The summed E-state index contributed by atoms with van der Waals surface area (Å²) in [5, 5.41) is 14.9. The number of nitrogens with zero attached hydrogens (tertiary/aromatic N) is 2. The Kier molecular flexibility index (Phi) is 15.9. The van der Waals surface area contributed by atoms with Gasteiger partial charge in [-0.3, -0.25) is 28.8 Å². The smallest absolute Gasteiger partial charge is 0.250 e. The molecule has 13 nitrogen and oxygen atoms in total. The molecule has 0 radical (unpaired) electrons. The molecule has 3 aromatic carbocycles. The monoisotopic (exact) mass is 883 g/mol. The quantitative estimate of drug-likeness (QED) is 0.139. The minimum absolute atomic E-state index is 0.000504. The fraction of sp³-hybridized carbons (Fsp3) is 0.500. The fourth-order valence-electron chi connectivity index (χ4n) is 9.98. The lowest BCUT2D eigenvalue weighted by atomic mass is 9.79. The Morgan fingerprint density at radius 3 is 1.92 bits per heavy atom. The highest BCUT2D eigenvalue weighted by atomic mass is 16.2. The van der Waals surface area contributed by atoms with E-state index in [1.54, 1.807) is 62.0 Å². The van der Waals surface area contributed by atoms with Crippen molar-refractivity contribution in [2.24, 2.45) is 0 Å². The molecule has 8 atom stereocenters. The lowest BCUT2D eigenvalue weighted by molar-refractivity contribution is -0.141. The number of amides is 5. The van der Waals surface area contributed by atoms with Crippen LogP contribution in [0.4, 0.5) is 0 Å². The van der Waals surface area contributed by atoms with Crippen LogP contribution in [0.5, 0.6) is 0 Å². The van der Waals surface area contributed by atoms with E-state index in [-0.39, 0.29) is 53.7 Å². The lowest BCUT2D eigenvalue weighted by Crippen LogP contribution is -2.55. The summed E-state index contributed by atoms with van der Waals surface area (Å²) in [5.41, 5.74) is 6.03. The molecule has 2 aliphatic heterocycles. The average molecular weight is 884 g/mol. The third kappa shape index (κ3) is 11.2. The number of fused-ring (bicyclic) bond motifs is 2. The number of likely N-dealkylation sites (tertiary alicyclic amines) is 2. The van der Waals surface area contributed by atoms with Crippen molar-refractivity contribution in [1.82, 2.24) is 36.4 Å². The molecule has 5 amide bonds. The Labute approximate surface area is 383 Å². The first-order chi connectivity index (χ1) is 31.5. The number of likely N-dealkylation sites (N-methyl/N-ethyl adjacent to an activating group) is 2. The Bertz CT molecular complexity index is 2290. The van der Waals surface area contributed by atoms with Crippen molar-refractivity contribution in [2.75, 3.05) is 27.2 Å². The van der Waals surface area contributed by atoms with Crippen LogP contribution >= 0.6 is 0 Å². The number of nitrogens with one attached hydrogen (secondary N) is 5. The average Bonchev–Trinajstić information content (AvgIpc) is 4.04. The van der Waals surface area contributed by atoms with Crippen LogP contribution in [-0.4, -0.2) is 103 Å². The summed E-state index contributed by atoms with van der Waals surface area (Å²) in [4.78, 5) is 86.2. The maximum Gasteiger partial charge on any atom is 0.250 e. The molecule has 0 spiro atoms. The van der Waals surface area contributed by atoms with Gasteiger partial charge in [0.15, 0.2) is 5.78 Å². The van der Waals surface area contributed by atoms with Crippen molar-refractivity contribution < 1.29 is 28.8 Å². The van der Waals surface area contributed by atoms with Crippen LogP contribution in [-0.2, 0) is 41.6 Å². The zero-order valence-electron chi connectivity index (χ0n) is 38.3. The number of aryl methyl sites for hydroxylation is 2. The molecule has 0 aromatic heterocycles. The Morgan fingerprint density at radius 1 is 0.662 bits per heavy atom. The second kappa shape index (κ2) is 21.9. The molecular weight excluding hydrogens is 819 g/mol. The highest BCUT2D eigenvalue weighted by Crippen LogP contribution is 2.36. The highest BCUT2D eigenvalue weighted by molar-refractivity contribution is 5.95. The van der Waals surface area contributed by atoms with Crippen LogP contribution in [0.25, 0.3) is 0 Å². The number of Topliss-reactive ketones (excluding diaryl/α,β-unsaturated/α-hetero) is 1. The second-order valence-electron chi connectivity index (χ2n) is 18.1. The summed E-state index contributed by atoms with van der Waals surface area (Å²) in [7, 11) is 3.34. The minimum atomic E-state index is -1.03. The molecule has 0 unspecified atom stereocenters. The lowest BCUT2D eigenvalue weighted by Gasteiger charge is -2.31. The predicted octanol–water partition coefficient (Wildman–Crippen LogP) is 4.54. The molecule has 4 aliphatic rings. The van der Waals surface area contributed by atoms with Crippen LogP contribution < -0.4 is 26.6 Å². The van der Waals surface area contributed by atoms with Gasteiger partial charge >= 0.3 is 0 Å². The third-order valence-corrected chi connectivity index (χ3v) is 14.0. The number of carbonyl (C=O) groups is 6. The summed E-state index contributed by atoms with van der Waals surface area (Å²) in [6, 6.07) is 19.0. The summed E-state index contributed by atoms with van der Waals surface area (Å²) in [5.74, 6) is 4.81. The van der Waals surface area contributed by atoms with Gasteiger partial charge in [0, 0.05) is 31.5 Å². The first kappa shape index (κ1) is 47.1. The van der Waals surface area contributed by atoms with E-state index in [1.807, 2.05) is 24.3 Å². The van der Waals surface area contributed by atoms with Gasteiger partial charge in [0.1, 0.15) is 18.1 Å². The first-order valence-corrected chi connectivity index (χ1v) is 23.6. The molecular formula is C52H65N7O6. The number of hydrogen-bond acceptors (Lipinski definition) is 8. The third-order valence-electron chi connectivity index (χ3n) is 14.0. The van der Waals surface area contributed by atoms with E-state index in [0.29, 0.717) is 56.3 Å². The van der Waals surface area contributed by atoms with Crippen molar-refractivity contribution in [3.63, 3.8) is 0 Å². The molecule has 344 valence electrons. The molecule has 2 aliphatic carbocycles. The molecule has 0 bridgehead atoms. The zero-order chi connectivity index (χ0) is 46.0. The zero-order valence-corrected chi connectivity index (χ0v) is 38.3. The van der Waals surface area contributed by atoms with Crippen LogP contribution in [0, 0.1) is 11.8 Å². The largest absolute Gasteiger partial charge is 0.347 e. The molecule has 3 aromatic rings. The van der Waals surface area contributed by atoms with Gasteiger partial charge in [0.2, 0.25) is 29.5 Å². The topological polar surface area (TPSA) is 169 Å². The Morgan fingerprint density at radius 2 is 1.25 bits per heavy atom. The second-order valence-corrected chi connectivity index (χ2v) is 18.1. The molecule has 2 fully saturated rings. The van der Waals surface area contributed by atoms with E-state index >= 15 is 0 Å². The molecule has 2 heterocycles. The van der Waals surface area contributed by atoms with Gasteiger partial charge < -0.3 is 36.4 Å². The standard InChI is InChI=1S/C52H65N7O6/c1-33(53-3)48(61)56-43(51(64)59-31-13-25-45(59)50(63)55-42-22-11-18-37-16-6-8-21-41(37)42)23-9-14-35-26-28-38(29-27-35)47(57-49(62)34(2)54-4)52(65)58-30-12-24-44(58)46(60)32-39-19-10-17-36-15-5-7-20-40(36)39/h5-8,15-16,20-21,26-29,33-34,39,42-45,47,53-54H,10-13,17-19,22-25,30-32H2,1-4H3,(H,55,63)(H,56,61)(H,57,62)/t33-,34-,39-,42+,43-,44-,45-,47-/m0/s1. The van der Waals surface area contributed by atoms with Gasteiger partial charge in [-0.25, -0.2) is 0 Å². The van der Waals surface area contributed by atoms with E-state index in [4.69, 9.17) is 0 Å². The Balaban J connectivity index is 1.05. The molecule has 0 saturated carbocycles. The first-order valence-electron chi connectivity index (χ1n) is 23.6. The van der Waals surface area contributed by atoms with Crippen molar-refractivity contribution in [3.8, 4) is 11.8 Å². The van der Waals surface area contributed by atoms with E-state index in [9.17, 15) is 28.8 Å². The van der Waals surface area contributed by atoms with E-state index in [2.05, 4.69) is 62.7 Å². The van der Waals surface area contributed by atoms with Crippen LogP contribution in [0.3, 0.4) is 0 Å². The predicted molar refractivity (Wildman–Crippen MR) is 249 cm³/mol. The number of ketones is 1. The maximum absolute atomic E-state index is 14.5. The SMILES string of the molecule is CN[C@@H](C)C(=O)N[C@@H](CC#Cc1ccc([C@H](NC(=O)[C@H](C)NC)C(=O)N2CCC[C@H]2C(=O)C[C@@H]2CCCc3ccccc32)cc1)C(=O)N1CCC[C@H]1C(=O)N[C@@H]1CCCc2ccccc21. The number of carbonyl (C=O) groups excluding carboxylic acids is 6. The Hall–Kier alpha value is -5.84. The number of hydrogen-bond donors (Lipinski definition) is 5. The summed E-state index contributed by atoms with van der Waals surface area (Å²) in [6.07, 6.45) is 8.61. The minimum Gasteiger partial charge on any atom is -0.347 e. The highest BCUT2D eigenvalue weighted by Gasteiger charge is 2.41. The van der Waals surface area contributed by atoms with Crippen molar-refractivity contribution in [3.05, 3.63) is 106 Å². The molecule has 65 heavy (non-hydrogen) atoms. The maximum atomic E-state index is 14.5. The number of benzene rings is 3. The summed E-state index contributed by atoms with van der Waals surface area (Å²) >= 11 is 0. The van der Waals surface area contributed by atoms with Gasteiger partial charge in [-0.1, -0.05) is 72.5 Å². The van der Waals surface area contributed by atoms with Crippen molar-refractivity contribution in [1.29, 1.82) is 0 Å². The fourth-order valence-corrected chi connectivity index (χ4v) is 9.98. The molecule has 2 saturated heterocycles. The van der Waals surface area contributed by atoms with Crippen molar-refractivity contribution >= 4 is 35.3 Å². The van der Waals surface area contributed by atoms with Crippen molar-refractivity contribution in [2.45, 2.75) is 139 Å². The van der Waals surface area contributed by atoms with Gasteiger partial charge in [-0.2, -0.15) is 0 Å². The van der Waals surface area contributed by atoms with Crippen LogP contribution in [0.1, 0.15) is 129 Å². The molecule has 5 N–H and O–H groups in total. The van der Waals surface area contributed by atoms with Crippen LogP contribution in [0.15, 0.2) is 72.8 Å². The van der Waals surface area contributed by atoms with Gasteiger partial charge in [0.25, 0.3) is 0 Å². The normalized spacial score (nSPS) is 21.9. The summed E-state index contributed by atoms with van der Waals surface area (Å²) < 4.78 is 0. The van der Waals surface area contributed by atoms with E-state index in [0.717, 1.165) is 44.1 Å².